The fourth-order valence-electron chi connectivity index (χ4n) is 3.34. The molecule has 1 unspecified atom stereocenters. The minimum Gasteiger partial charge on any atom is -0.480 e. The number of benzene rings is 1. The Morgan fingerprint density at radius 2 is 1.89 bits per heavy atom. The smallest absolute Gasteiger partial charge is 0.433 e. The molecule has 27 heavy (non-hydrogen) atoms. The quantitative estimate of drug-likeness (QED) is 0.716. The molecule has 1 aliphatic carbocycles. The molecule has 6 nitrogen and oxygen atoms in total. The van der Waals surface area contributed by atoms with Gasteiger partial charge < -0.3 is 10.4 Å². The molecule has 9 heteroatoms. The van der Waals surface area contributed by atoms with E-state index in [1.165, 1.54) is 0 Å². The molecular formula is C18H18F3N3O3. The second-order valence-electron chi connectivity index (χ2n) is 6.58. The highest BCUT2D eigenvalue weighted by atomic mass is 19.4. The molecule has 1 heterocycles. The number of carboxylic acid groups (broad SMARTS) is 1. The number of nitrogens with one attached hydrogen (secondary N) is 2. The van der Waals surface area contributed by atoms with Crippen LogP contribution < -0.4 is 5.32 Å². The lowest BCUT2D eigenvalue weighted by Gasteiger charge is -2.17. The second kappa shape index (κ2) is 7.42. The fourth-order valence-corrected chi connectivity index (χ4v) is 3.34. The minimum absolute atomic E-state index is 0.128. The Morgan fingerprint density at radius 3 is 2.44 bits per heavy atom. The van der Waals surface area contributed by atoms with Crippen molar-refractivity contribution in [3.63, 3.8) is 0 Å². The number of fused-ring (bicyclic) bond motifs is 1. The summed E-state index contributed by atoms with van der Waals surface area (Å²) >= 11 is 0. The van der Waals surface area contributed by atoms with E-state index in [2.05, 4.69) is 10.4 Å². The number of nitrogens with zero attached hydrogens (tertiary/aromatic N) is 1. The Kier molecular flexibility index (Phi) is 5.20. The van der Waals surface area contributed by atoms with Crippen LogP contribution in [0.25, 0.3) is 0 Å². The van der Waals surface area contributed by atoms with E-state index in [4.69, 9.17) is 0 Å². The van der Waals surface area contributed by atoms with Crippen LogP contribution in [-0.2, 0) is 35.0 Å². The summed E-state index contributed by atoms with van der Waals surface area (Å²) in [5.74, 6) is -2.05. The summed E-state index contributed by atoms with van der Waals surface area (Å²) in [4.78, 5) is 23.9. The predicted octanol–water partition coefficient (Wildman–Crippen LogP) is 2.35. The molecule has 1 atom stereocenters. The number of hydrogen-bond donors (Lipinski definition) is 3. The van der Waals surface area contributed by atoms with Gasteiger partial charge in [0.15, 0.2) is 0 Å². The lowest BCUT2D eigenvalue weighted by molar-refractivity contribution is -0.142. The van der Waals surface area contributed by atoms with Gasteiger partial charge in [0.25, 0.3) is 0 Å². The maximum Gasteiger partial charge on any atom is 0.433 e. The van der Waals surface area contributed by atoms with Crippen LogP contribution in [0.2, 0.25) is 0 Å². The number of carbonyl (C=O) groups excluding carboxylic acids is 1. The van der Waals surface area contributed by atoms with E-state index < -0.39 is 29.8 Å². The highest BCUT2D eigenvalue weighted by Crippen LogP contribution is 2.31. The zero-order valence-electron chi connectivity index (χ0n) is 14.2. The SMILES string of the molecule is O=C(NC(CCc1cn[nH]c1C(F)(F)F)C(=O)O)C1Cc2ccccc2C1. The van der Waals surface area contributed by atoms with Crippen LogP contribution in [0.1, 0.15) is 28.8 Å². The Bertz CT molecular complexity index is 823. The largest absolute Gasteiger partial charge is 0.480 e. The summed E-state index contributed by atoms with van der Waals surface area (Å²) in [5, 5.41) is 17.1. The molecule has 1 aromatic carbocycles. The molecule has 0 fully saturated rings. The molecule has 144 valence electrons. The number of H-pyrrole nitrogens is 1. The van der Waals surface area contributed by atoms with Gasteiger partial charge in [-0.2, -0.15) is 18.3 Å². The molecule has 0 saturated carbocycles. The molecule has 0 bridgehead atoms. The number of alkyl halides is 3. The van der Waals surface area contributed by atoms with Crippen LogP contribution in [-0.4, -0.2) is 33.2 Å². The Morgan fingerprint density at radius 1 is 1.26 bits per heavy atom. The summed E-state index contributed by atoms with van der Waals surface area (Å²) in [6, 6.07) is 6.34. The number of rotatable bonds is 6. The summed E-state index contributed by atoms with van der Waals surface area (Å²) in [5.41, 5.74) is 0.982. The van der Waals surface area contributed by atoms with E-state index in [-0.39, 0.29) is 24.3 Å². The third-order valence-electron chi connectivity index (χ3n) is 4.74. The second-order valence-corrected chi connectivity index (χ2v) is 6.58. The molecule has 0 saturated heterocycles. The van der Waals surface area contributed by atoms with Crippen LogP contribution in [0, 0.1) is 5.92 Å². The highest BCUT2D eigenvalue weighted by molar-refractivity contribution is 5.85. The van der Waals surface area contributed by atoms with E-state index in [0.717, 1.165) is 17.3 Å². The van der Waals surface area contributed by atoms with Crippen molar-refractivity contribution in [3.8, 4) is 0 Å². The Hall–Kier alpha value is -2.84. The summed E-state index contributed by atoms with van der Waals surface area (Å²) < 4.78 is 38.6. The summed E-state index contributed by atoms with van der Waals surface area (Å²) in [6.45, 7) is 0. The van der Waals surface area contributed by atoms with Crippen molar-refractivity contribution < 1.29 is 27.9 Å². The number of carboxylic acids is 1. The monoisotopic (exact) mass is 381 g/mol. The lowest BCUT2D eigenvalue weighted by atomic mass is 10.0. The van der Waals surface area contributed by atoms with Gasteiger partial charge in [0.05, 0.1) is 6.20 Å². The van der Waals surface area contributed by atoms with Crippen molar-refractivity contribution in [2.24, 2.45) is 5.92 Å². The Balaban J connectivity index is 1.61. The van der Waals surface area contributed by atoms with Crippen LogP contribution in [0.3, 0.4) is 0 Å². The molecule has 3 rings (SSSR count). The minimum atomic E-state index is -4.59. The number of hydrogen-bond acceptors (Lipinski definition) is 3. The van der Waals surface area contributed by atoms with Gasteiger partial charge >= 0.3 is 12.1 Å². The Labute approximate surface area is 152 Å². The van der Waals surface area contributed by atoms with Crippen molar-refractivity contribution in [2.75, 3.05) is 0 Å². The van der Waals surface area contributed by atoms with Crippen molar-refractivity contribution in [2.45, 2.75) is 37.9 Å². The maximum atomic E-state index is 12.9. The zero-order valence-corrected chi connectivity index (χ0v) is 14.2. The summed E-state index contributed by atoms with van der Waals surface area (Å²) in [6.07, 6.45) is -2.86. The van der Waals surface area contributed by atoms with E-state index in [9.17, 15) is 27.9 Å². The molecule has 3 N–H and O–H groups in total. The van der Waals surface area contributed by atoms with Gasteiger partial charge in [-0.05, 0) is 36.8 Å². The van der Waals surface area contributed by atoms with Gasteiger partial charge in [0.2, 0.25) is 5.91 Å². The van der Waals surface area contributed by atoms with Gasteiger partial charge in [0.1, 0.15) is 11.7 Å². The summed E-state index contributed by atoms with van der Waals surface area (Å²) in [7, 11) is 0. The van der Waals surface area contributed by atoms with Crippen LogP contribution in [0.4, 0.5) is 13.2 Å². The van der Waals surface area contributed by atoms with Gasteiger partial charge in [0, 0.05) is 11.5 Å². The van der Waals surface area contributed by atoms with E-state index >= 15 is 0 Å². The zero-order chi connectivity index (χ0) is 19.6. The first kappa shape index (κ1) is 18.9. The third kappa shape index (κ3) is 4.29. The molecule has 0 radical (unpaired) electrons. The van der Waals surface area contributed by atoms with E-state index in [1.54, 1.807) is 0 Å². The van der Waals surface area contributed by atoms with Crippen molar-refractivity contribution in [3.05, 3.63) is 52.8 Å². The fraction of sp³-hybridized carbons (Fsp3) is 0.389. The third-order valence-corrected chi connectivity index (χ3v) is 4.74. The van der Waals surface area contributed by atoms with Crippen LogP contribution in [0.5, 0.6) is 0 Å². The van der Waals surface area contributed by atoms with Crippen molar-refractivity contribution in [1.82, 2.24) is 15.5 Å². The first-order valence-corrected chi connectivity index (χ1v) is 8.45. The average molecular weight is 381 g/mol. The lowest BCUT2D eigenvalue weighted by Crippen LogP contribution is -2.44. The number of aryl methyl sites for hydroxylation is 1. The number of amides is 1. The van der Waals surface area contributed by atoms with Crippen LogP contribution >= 0.6 is 0 Å². The standard InChI is InChI=1S/C18H18F3N3O3/c19-18(20,21)15-12(9-22-24-15)5-6-14(17(26)27)23-16(25)13-7-10-3-1-2-4-11(10)8-13/h1-4,9,13-14H,5-8H2,(H,22,24)(H,23,25)(H,26,27). The number of aromatic amines is 1. The van der Waals surface area contributed by atoms with Crippen molar-refractivity contribution >= 4 is 11.9 Å². The number of aliphatic carboxylic acids is 1. The molecule has 0 spiro atoms. The molecular weight excluding hydrogens is 363 g/mol. The first-order chi connectivity index (χ1) is 12.8. The topological polar surface area (TPSA) is 95.1 Å². The van der Waals surface area contributed by atoms with Gasteiger partial charge in [-0.15, -0.1) is 0 Å². The van der Waals surface area contributed by atoms with Crippen LogP contribution in [0.15, 0.2) is 30.5 Å². The van der Waals surface area contributed by atoms with Gasteiger partial charge in [-0.25, -0.2) is 4.79 Å². The predicted molar refractivity (Wildman–Crippen MR) is 88.8 cm³/mol. The van der Waals surface area contributed by atoms with E-state index in [0.29, 0.717) is 12.8 Å². The average Bonchev–Trinajstić information content (AvgIpc) is 3.24. The van der Waals surface area contributed by atoms with Crippen molar-refractivity contribution in [1.29, 1.82) is 0 Å². The first-order valence-electron chi connectivity index (χ1n) is 8.45. The molecule has 1 aliphatic rings. The molecule has 2 aromatic rings. The van der Waals surface area contributed by atoms with E-state index in [1.807, 2.05) is 29.4 Å². The molecule has 1 aromatic heterocycles. The number of halogens is 3. The normalized spacial score (nSPS) is 15.4. The van der Waals surface area contributed by atoms with Gasteiger partial charge in [-0.3, -0.25) is 9.89 Å². The number of aromatic nitrogens is 2. The number of carbonyl (C=O) groups is 2. The molecule has 0 aliphatic heterocycles. The van der Waals surface area contributed by atoms with Gasteiger partial charge in [-0.1, -0.05) is 24.3 Å². The maximum absolute atomic E-state index is 12.9. The highest BCUT2D eigenvalue weighted by Gasteiger charge is 2.36. The molecule has 1 amide bonds.